The monoisotopic (exact) mass is 381 g/mol. The molecule has 1 amide bonds. The molecule has 0 spiro atoms. The lowest BCUT2D eigenvalue weighted by Gasteiger charge is -2.38. The van der Waals surface area contributed by atoms with E-state index in [9.17, 15) is 10.1 Å². The van der Waals surface area contributed by atoms with Crippen molar-refractivity contribution in [1.82, 2.24) is 5.32 Å². The van der Waals surface area contributed by atoms with Crippen LogP contribution in [0.2, 0.25) is 0 Å². The fourth-order valence-electron chi connectivity index (χ4n) is 2.95. The normalized spacial score (nSPS) is 16.6. The van der Waals surface area contributed by atoms with Gasteiger partial charge in [-0.2, -0.15) is 5.26 Å². The molecule has 27 heavy (non-hydrogen) atoms. The Morgan fingerprint density at radius 3 is 2.44 bits per heavy atom. The second-order valence-corrected chi connectivity index (χ2v) is 6.42. The molecule has 1 aliphatic rings. The van der Waals surface area contributed by atoms with Crippen molar-refractivity contribution in [2.75, 3.05) is 19.1 Å². The maximum atomic E-state index is 12.5. The minimum absolute atomic E-state index is 0.0444. The van der Waals surface area contributed by atoms with Crippen LogP contribution in [0.25, 0.3) is 0 Å². The van der Waals surface area contributed by atoms with Gasteiger partial charge < -0.3 is 19.7 Å². The zero-order chi connectivity index (χ0) is 19.6. The van der Waals surface area contributed by atoms with E-state index >= 15 is 0 Å². The molecule has 1 atom stereocenters. The Hall–Kier alpha value is -3.11. The molecule has 0 saturated carbocycles. The third kappa shape index (κ3) is 3.44. The quantitative estimate of drug-likeness (QED) is 0.795. The second-order valence-electron chi connectivity index (χ2n) is 6.00. The van der Waals surface area contributed by atoms with Crippen molar-refractivity contribution >= 4 is 24.2 Å². The van der Waals surface area contributed by atoms with Crippen molar-refractivity contribution in [1.29, 1.82) is 5.26 Å². The summed E-state index contributed by atoms with van der Waals surface area (Å²) in [7, 11) is 3.13. The first-order chi connectivity index (χ1) is 13.0. The lowest BCUT2D eigenvalue weighted by atomic mass is 10.0. The van der Waals surface area contributed by atoms with Gasteiger partial charge in [0.25, 0.3) is 5.91 Å². The molecule has 2 aromatic rings. The maximum absolute atomic E-state index is 12.5. The Kier molecular flexibility index (Phi) is 5.28. The molecular formula is C20H19N3O3S. The highest BCUT2D eigenvalue weighted by Gasteiger charge is 2.35. The molecule has 0 radical (unpaired) electrons. The number of nitrogens with one attached hydrogen (secondary N) is 1. The molecule has 0 aromatic heterocycles. The van der Waals surface area contributed by atoms with Crippen LogP contribution in [-0.4, -0.2) is 20.1 Å². The van der Waals surface area contributed by atoms with E-state index in [1.54, 1.807) is 37.3 Å². The summed E-state index contributed by atoms with van der Waals surface area (Å²) in [5.41, 5.74) is 2.53. The van der Waals surface area contributed by atoms with Gasteiger partial charge in [0.05, 0.1) is 19.2 Å². The Morgan fingerprint density at radius 2 is 1.85 bits per heavy atom. The summed E-state index contributed by atoms with van der Waals surface area (Å²) >= 11 is 4.50. The number of methoxy groups -OCH3 is 2. The first-order valence-electron chi connectivity index (χ1n) is 8.22. The number of aryl methyl sites for hydroxylation is 1. The number of benzene rings is 2. The van der Waals surface area contributed by atoms with Crippen LogP contribution in [0.15, 0.2) is 53.1 Å². The zero-order valence-corrected chi connectivity index (χ0v) is 16.1. The lowest BCUT2D eigenvalue weighted by molar-refractivity contribution is -0.118. The molecule has 6 nitrogen and oxygen atoms in total. The van der Waals surface area contributed by atoms with Gasteiger partial charge in [0.2, 0.25) is 0 Å². The van der Waals surface area contributed by atoms with Gasteiger partial charge in [-0.1, -0.05) is 17.7 Å². The molecule has 7 heteroatoms. The number of ether oxygens (including phenoxy) is 2. The maximum Gasteiger partial charge on any atom is 0.266 e. The molecule has 0 saturated heterocycles. The van der Waals surface area contributed by atoms with E-state index in [1.807, 2.05) is 37.3 Å². The number of nitriles is 1. The van der Waals surface area contributed by atoms with Gasteiger partial charge in [-0.3, -0.25) is 4.79 Å². The lowest BCUT2D eigenvalue weighted by Crippen LogP contribution is -2.46. The molecule has 1 unspecified atom stereocenters. The highest BCUT2D eigenvalue weighted by Crippen LogP contribution is 2.39. The number of carbonyl (C=O) groups is 1. The van der Waals surface area contributed by atoms with E-state index in [0.29, 0.717) is 17.1 Å². The van der Waals surface area contributed by atoms with Crippen LogP contribution < -0.4 is 19.7 Å². The fraction of sp³-hybridized carbons (Fsp3) is 0.200. The van der Waals surface area contributed by atoms with Crippen molar-refractivity contribution in [3.63, 3.8) is 0 Å². The molecule has 2 aromatic carbocycles. The van der Waals surface area contributed by atoms with Crippen molar-refractivity contribution in [2.45, 2.75) is 13.1 Å². The molecule has 0 aliphatic carbocycles. The third-order valence-electron chi connectivity index (χ3n) is 4.36. The van der Waals surface area contributed by atoms with Crippen LogP contribution in [0.5, 0.6) is 11.5 Å². The summed E-state index contributed by atoms with van der Waals surface area (Å²) in [5.74, 6) is 0.722. The Bertz CT molecular complexity index is 948. The number of thiol groups is 1. The number of hydrogen-bond donors (Lipinski definition) is 2. The number of rotatable bonds is 4. The minimum atomic E-state index is -0.616. The van der Waals surface area contributed by atoms with E-state index in [4.69, 9.17) is 9.47 Å². The first kappa shape index (κ1) is 18.7. The molecule has 1 aliphatic heterocycles. The third-order valence-corrected chi connectivity index (χ3v) is 4.80. The van der Waals surface area contributed by atoms with Crippen LogP contribution in [0, 0.1) is 18.3 Å². The number of carbonyl (C=O) groups excluding carboxylic acids is 1. The molecular weight excluding hydrogens is 362 g/mol. The van der Waals surface area contributed by atoms with Crippen LogP contribution in [0.4, 0.5) is 5.69 Å². The van der Waals surface area contributed by atoms with Crippen molar-refractivity contribution in [3.05, 3.63) is 64.2 Å². The highest BCUT2D eigenvalue weighted by atomic mass is 32.1. The summed E-state index contributed by atoms with van der Waals surface area (Å²) in [6.45, 7) is 1.99. The van der Waals surface area contributed by atoms with Crippen molar-refractivity contribution in [3.8, 4) is 17.6 Å². The van der Waals surface area contributed by atoms with Gasteiger partial charge in [-0.25, -0.2) is 0 Å². The smallest absolute Gasteiger partial charge is 0.266 e. The van der Waals surface area contributed by atoms with E-state index in [1.165, 1.54) is 0 Å². The van der Waals surface area contributed by atoms with Crippen molar-refractivity contribution in [2.24, 2.45) is 0 Å². The van der Waals surface area contributed by atoms with E-state index in [0.717, 1.165) is 11.3 Å². The molecule has 138 valence electrons. The average molecular weight is 381 g/mol. The average Bonchev–Trinajstić information content (AvgIpc) is 2.68. The molecule has 0 fully saturated rings. The summed E-state index contributed by atoms with van der Waals surface area (Å²) in [4.78, 5) is 14.3. The number of hydrogen-bond acceptors (Lipinski definition) is 6. The SMILES string of the molecule is COc1ccc(OC)c(C2NC(=O)C(C#N)=C(S)N2c2ccc(C)cc2)c1. The predicted octanol–water partition coefficient (Wildman–Crippen LogP) is 3.31. The number of amides is 1. The Balaban J connectivity index is 2.21. The zero-order valence-electron chi connectivity index (χ0n) is 15.2. The Labute approximate surface area is 163 Å². The van der Waals surface area contributed by atoms with Crippen LogP contribution in [0.1, 0.15) is 17.3 Å². The standard InChI is InChI=1S/C20H19N3O3S/c1-12-4-6-13(7-5-12)23-18(22-19(24)16(11-21)20(23)27)15-10-14(25-2)8-9-17(15)26-3/h4-10,18,27H,1-3H3,(H,22,24). The minimum Gasteiger partial charge on any atom is -0.497 e. The summed E-state index contributed by atoms with van der Waals surface area (Å²) in [5, 5.41) is 12.5. The largest absolute Gasteiger partial charge is 0.497 e. The topological polar surface area (TPSA) is 74.6 Å². The number of nitrogens with zero attached hydrogens (tertiary/aromatic N) is 2. The molecule has 1 N–H and O–H groups in total. The second kappa shape index (κ2) is 7.64. The van der Waals surface area contributed by atoms with E-state index in [-0.39, 0.29) is 10.6 Å². The summed E-state index contributed by atoms with van der Waals surface area (Å²) < 4.78 is 10.8. The van der Waals surface area contributed by atoms with Crippen LogP contribution in [0.3, 0.4) is 0 Å². The summed E-state index contributed by atoms with van der Waals surface area (Å²) in [6.07, 6.45) is -0.616. The molecule has 3 rings (SSSR count). The summed E-state index contributed by atoms with van der Waals surface area (Å²) in [6, 6.07) is 15.0. The molecule has 1 heterocycles. The predicted molar refractivity (Wildman–Crippen MR) is 106 cm³/mol. The Morgan fingerprint density at radius 1 is 1.15 bits per heavy atom. The van der Waals surface area contributed by atoms with E-state index < -0.39 is 12.1 Å². The highest BCUT2D eigenvalue weighted by molar-refractivity contribution is 7.84. The van der Waals surface area contributed by atoms with Crippen LogP contribution in [-0.2, 0) is 4.79 Å². The number of anilines is 1. The van der Waals surface area contributed by atoms with Gasteiger partial charge in [-0.15, -0.1) is 12.6 Å². The van der Waals surface area contributed by atoms with E-state index in [2.05, 4.69) is 17.9 Å². The fourth-order valence-corrected chi connectivity index (χ4v) is 3.34. The van der Waals surface area contributed by atoms with Gasteiger partial charge in [-0.05, 0) is 37.3 Å². The molecule has 0 bridgehead atoms. The van der Waals surface area contributed by atoms with Crippen molar-refractivity contribution < 1.29 is 14.3 Å². The van der Waals surface area contributed by atoms with Gasteiger partial charge >= 0.3 is 0 Å². The first-order valence-corrected chi connectivity index (χ1v) is 8.67. The van der Waals surface area contributed by atoms with Gasteiger partial charge in [0, 0.05) is 11.3 Å². The van der Waals surface area contributed by atoms with Gasteiger partial charge in [0.1, 0.15) is 29.3 Å². The van der Waals surface area contributed by atoms with Crippen LogP contribution >= 0.6 is 12.6 Å². The van der Waals surface area contributed by atoms with Gasteiger partial charge in [0.15, 0.2) is 0 Å².